The Balaban J connectivity index is 1.50. The van der Waals surface area contributed by atoms with Gasteiger partial charge in [0, 0.05) is 25.7 Å². The normalized spacial score (nSPS) is 11.5. The van der Waals surface area contributed by atoms with Crippen molar-refractivity contribution in [2.45, 2.75) is 24.8 Å². The van der Waals surface area contributed by atoms with Gasteiger partial charge in [-0.1, -0.05) is 30.3 Å². The SMILES string of the molecule is Cc1ccc(NC(=O)CCn2c(=O)n(C)c3ccccc32)cc1S(=O)(=O)Nc1ccccc1F. The van der Waals surface area contributed by atoms with Crippen LogP contribution in [0, 0.1) is 12.7 Å². The minimum absolute atomic E-state index is 0.0113. The summed E-state index contributed by atoms with van der Waals surface area (Å²) in [5, 5.41) is 2.67. The summed E-state index contributed by atoms with van der Waals surface area (Å²) in [6.45, 7) is 1.77. The number of nitrogens with zero attached hydrogens (tertiary/aromatic N) is 2. The third-order valence-corrected chi connectivity index (χ3v) is 7.00. The molecule has 0 aliphatic rings. The molecule has 4 rings (SSSR count). The van der Waals surface area contributed by atoms with Crippen LogP contribution in [0.25, 0.3) is 11.0 Å². The average molecular weight is 483 g/mol. The fraction of sp³-hybridized carbons (Fsp3) is 0.167. The molecule has 4 aromatic rings. The van der Waals surface area contributed by atoms with E-state index in [1.54, 1.807) is 26.1 Å². The highest BCUT2D eigenvalue weighted by atomic mass is 32.2. The molecule has 1 aromatic heterocycles. The number of sulfonamides is 1. The monoisotopic (exact) mass is 482 g/mol. The number of fused-ring (bicyclic) bond motifs is 1. The maximum absolute atomic E-state index is 13.9. The van der Waals surface area contributed by atoms with E-state index in [4.69, 9.17) is 0 Å². The number of aryl methyl sites for hydroxylation is 3. The van der Waals surface area contributed by atoms with Crippen molar-refractivity contribution in [1.29, 1.82) is 0 Å². The summed E-state index contributed by atoms with van der Waals surface area (Å²) in [6, 6.07) is 17.2. The van der Waals surface area contributed by atoms with Crippen LogP contribution in [-0.4, -0.2) is 23.5 Å². The van der Waals surface area contributed by atoms with Crippen molar-refractivity contribution < 1.29 is 17.6 Å². The van der Waals surface area contributed by atoms with Gasteiger partial charge in [-0.3, -0.25) is 18.7 Å². The van der Waals surface area contributed by atoms with E-state index in [0.29, 0.717) is 5.56 Å². The van der Waals surface area contributed by atoms with Gasteiger partial charge in [-0.05, 0) is 48.9 Å². The van der Waals surface area contributed by atoms with Crippen LogP contribution >= 0.6 is 0 Å². The summed E-state index contributed by atoms with van der Waals surface area (Å²) >= 11 is 0. The number of benzene rings is 3. The highest BCUT2D eigenvalue weighted by molar-refractivity contribution is 7.92. The quantitative estimate of drug-likeness (QED) is 0.420. The molecule has 0 unspecified atom stereocenters. The predicted molar refractivity (Wildman–Crippen MR) is 129 cm³/mol. The van der Waals surface area contributed by atoms with Crippen LogP contribution in [0.2, 0.25) is 0 Å². The van der Waals surface area contributed by atoms with Crippen molar-refractivity contribution in [3.05, 3.63) is 88.6 Å². The Kier molecular flexibility index (Phi) is 6.25. The van der Waals surface area contributed by atoms with Gasteiger partial charge in [-0.15, -0.1) is 0 Å². The number of carbonyl (C=O) groups is 1. The van der Waals surface area contributed by atoms with Gasteiger partial charge in [0.2, 0.25) is 5.91 Å². The molecular formula is C24H23FN4O4S. The van der Waals surface area contributed by atoms with Gasteiger partial charge in [-0.25, -0.2) is 17.6 Å². The first-order chi connectivity index (χ1) is 16.2. The van der Waals surface area contributed by atoms with Gasteiger partial charge in [0.15, 0.2) is 0 Å². The zero-order valence-electron chi connectivity index (χ0n) is 18.6. The third-order valence-electron chi connectivity index (χ3n) is 5.49. The Hall–Kier alpha value is -3.92. The molecule has 8 nitrogen and oxygen atoms in total. The van der Waals surface area contributed by atoms with Crippen molar-refractivity contribution in [2.24, 2.45) is 7.05 Å². The van der Waals surface area contributed by atoms with Gasteiger partial charge in [0.1, 0.15) is 5.82 Å². The van der Waals surface area contributed by atoms with E-state index in [-0.39, 0.29) is 40.8 Å². The fourth-order valence-electron chi connectivity index (χ4n) is 3.73. The lowest BCUT2D eigenvalue weighted by Crippen LogP contribution is -2.24. The Morgan fingerprint density at radius 1 is 1.00 bits per heavy atom. The zero-order valence-corrected chi connectivity index (χ0v) is 19.4. The summed E-state index contributed by atoms with van der Waals surface area (Å²) < 4.78 is 44.9. The number of hydrogen-bond acceptors (Lipinski definition) is 4. The summed E-state index contributed by atoms with van der Waals surface area (Å²) in [7, 11) is -2.43. The molecule has 0 bridgehead atoms. The molecule has 2 N–H and O–H groups in total. The van der Waals surface area contributed by atoms with Crippen LogP contribution in [0.4, 0.5) is 15.8 Å². The van der Waals surface area contributed by atoms with E-state index in [1.807, 2.05) is 24.3 Å². The van der Waals surface area contributed by atoms with Crippen LogP contribution in [0.5, 0.6) is 0 Å². The third kappa shape index (κ3) is 4.58. The Morgan fingerprint density at radius 2 is 1.68 bits per heavy atom. The minimum Gasteiger partial charge on any atom is -0.326 e. The minimum atomic E-state index is -4.10. The number of halogens is 1. The number of nitrogens with one attached hydrogen (secondary N) is 2. The Morgan fingerprint density at radius 3 is 2.41 bits per heavy atom. The van der Waals surface area contributed by atoms with Crippen LogP contribution in [0.3, 0.4) is 0 Å². The number of carbonyl (C=O) groups excluding carboxylic acids is 1. The van der Waals surface area contributed by atoms with E-state index in [9.17, 15) is 22.4 Å². The maximum atomic E-state index is 13.9. The van der Waals surface area contributed by atoms with Crippen LogP contribution in [0.1, 0.15) is 12.0 Å². The molecule has 0 aliphatic carbocycles. The second-order valence-corrected chi connectivity index (χ2v) is 9.50. The van der Waals surface area contributed by atoms with E-state index in [2.05, 4.69) is 10.0 Å². The van der Waals surface area contributed by atoms with E-state index >= 15 is 0 Å². The van der Waals surface area contributed by atoms with E-state index in [0.717, 1.165) is 17.1 Å². The summed E-state index contributed by atoms with van der Waals surface area (Å²) in [5.41, 5.74) is 1.81. The van der Waals surface area contributed by atoms with Gasteiger partial charge < -0.3 is 5.32 Å². The number of rotatable bonds is 7. The standard InChI is InChI=1S/C24H23FN4O4S/c1-16-11-12-17(15-22(16)34(32,33)27-19-8-4-3-7-18(19)25)26-23(30)13-14-29-21-10-6-5-9-20(21)28(2)24(29)31/h3-12,15,27H,13-14H2,1-2H3,(H,26,30). The first kappa shape index (κ1) is 23.2. The van der Waals surface area contributed by atoms with E-state index in [1.165, 1.54) is 33.4 Å². The lowest BCUT2D eigenvalue weighted by molar-refractivity contribution is -0.116. The van der Waals surface area contributed by atoms with Crippen molar-refractivity contribution in [2.75, 3.05) is 10.0 Å². The highest BCUT2D eigenvalue weighted by Crippen LogP contribution is 2.24. The van der Waals surface area contributed by atoms with Crippen molar-refractivity contribution in [3.63, 3.8) is 0 Å². The molecule has 0 saturated heterocycles. The molecule has 176 valence electrons. The number of amides is 1. The topological polar surface area (TPSA) is 102 Å². The highest BCUT2D eigenvalue weighted by Gasteiger charge is 2.20. The van der Waals surface area contributed by atoms with Gasteiger partial charge in [0.25, 0.3) is 10.0 Å². The molecule has 34 heavy (non-hydrogen) atoms. The largest absolute Gasteiger partial charge is 0.328 e. The Bertz CT molecular complexity index is 1560. The smallest absolute Gasteiger partial charge is 0.326 e. The number of anilines is 2. The zero-order chi connectivity index (χ0) is 24.5. The first-order valence-electron chi connectivity index (χ1n) is 10.5. The lowest BCUT2D eigenvalue weighted by atomic mass is 10.2. The van der Waals surface area contributed by atoms with Crippen molar-refractivity contribution in [3.8, 4) is 0 Å². The van der Waals surface area contributed by atoms with Crippen LogP contribution in [0.15, 0.2) is 76.4 Å². The lowest BCUT2D eigenvalue weighted by Gasteiger charge is -2.13. The second kappa shape index (κ2) is 9.14. The predicted octanol–water partition coefficient (Wildman–Crippen LogP) is 3.62. The van der Waals surface area contributed by atoms with Gasteiger partial charge in [0.05, 0.1) is 21.6 Å². The van der Waals surface area contributed by atoms with Crippen molar-refractivity contribution >= 4 is 38.3 Å². The summed E-state index contributed by atoms with van der Waals surface area (Å²) in [4.78, 5) is 25.0. The van der Waals surface area contributed by atoms with E-state index < -0.39 is 15.8 Å². The molecule has 3 aromatic carbocycles. The molecule has 0 atom stereocenters. The molecule has 0 saturated carbocycles. The molecule has 0 radical (unpaired) electrons. The number of hydrogen-bond donors (Lipinski definition) is 2. The number of aromatic nitrogens is 2. The number of para-hydroxylation sites is 3. The second-order valence-electron chi connectivity index (χ2n) is 7.85. The molecule has 1 heterocycles. The fourth-order valence-corrected chi connectivity index (χ4v) is 5.07. The van der Waals surface area contributed by atoms with Gasteiger partial charge >= 0.3 is 5.69 Å². The van der Waals surface area contributed by atoms with Crippen molar-refractivity contribution in [1.82, 2.24) is 9.13 Å². The molecule has 0 fully saturated rings. The maximum Gasteiger partial charge on any atom is 0.328 e. The Labute approximate surface area is 195 Å². The molecular weight excluding hydrogens is 459 g/mol. The van der Waals surface area contributed by atoms with Crippen LogP contribution < -0.4 is 15.7 Å². The summed E-state index contributed by atoms with van der Waals surface area (Å²) in [6.07, 6.45) is 0.0113. The number of imidazole rings is 1. The summed E-state index contributed by atoms with van der Waals surface area (Å²) in [5.74, 6) is -1.08. The average Bonchev–Trinajstić information content (AvgIpc) is 3.05. The molecule has 0 spiro atoms. The van der Waals surface area contributed by atoms with Crippen LogP contribution in [-0.2, 0) is 28.4 Å². The molecule has 1 amide bonds. The first-order valence-corrected chi connectivity index (χ1v) is 12.0. The molecule has 10 heteroatoms. The molecule has 0 aliphatic heterocycles. The van der Waals surface area contributed by atoms with Gasteiger partial charge in [-0.2, -0.15) is 0 Å².